The van der Waals surface area contributed by atoms with Gasteiger partial charge in [-0.3, -0.25) is 20.4 Å². The minimum Gasteiger partial charge on any atom is -0.345 e. The molecule has 4 rings (SSSR count). The van der Waals surface area contributed by atoms with E-state index in [4.69, 9.17) is 0 Å². The van der Waals surface area contributed by atoms with Crippen molar-refractivity contribution in [1.82, 2.24) is 25.7 Å². The minimum absolute atomic E-state index is 0.0423. The van der Waals surface area contributed by atoms with Crippen LogP contribution in [0, 0.1) is 0 Å². The van der Waals surface area contributed by atoms with Gasteiger partial charge in [0.1, 0.15) is 0 Å². The van der Waals surface area contributed by atoms with Crippen molar-refractivity contribution in [2.24, 2.45) is 0 Å². The summed E-state index contributed by atoms with van der Waals surface area (Å²) in [5.41, 5.74) is 5.92. The van der Waals surface area contributed by atoms with Gasteiger partial charge >= 0.3 is 12.3 Å². The molecule has 1 aliphatic carbocycles. The first-order chi connectivity index (χ1) is 17.8. The number of anilines is 1. The van der Waals surface area contributed by atoms with Crippen LogP contribution in [-0.4, -0.2) is 52.2 Å². The van der Waals surface area contributed by atoms with Crippen molar-refractivity contribution in [3.8, 4) is 0 Å². The lowest BCUT2D eigenvalue weighted by molar-refractivity contribution is -0.132. The highest BCUT2D eigenvalue weighted by Crippen LogP contribution is 2.44. The van der Waals surface area contributed by atoms with Crippen LogP contribution in [0.1, 0.15) is 87.2 Å². The molecular formula is C27H38F2N6O2. The van der Waals surface area contributed by atoms with E-state index in [2.05, 4.69) is 58.3 Å². The Bertz CT molecular complexity index is 1020. The Morgan fingerprint density at radius 2 is 1.59 bits per heavy atom. The van der Waals surface area contributed by atoms with Crippen molar-refractivity contribution in [2.75, 3.05) is 18.4 Å². The average Bonchev–Trinajstić information content (AvgIpc) is 2.90. The van der Waals surface area contributed by atoms with Crippen molar-refractivity contribution < 1.29 is 18.4 Å². The molecule has 2 amide bonds. The highest BCUT2D eigenvalue weighted by atomic mass is 19.3. The Morgan fingerprint density at radius 1 is 1.00 bits per heavy atom. The molecule has 10 heteroatoms. The molecule has 202 valence electrons. The first-order valence-electron chi connectivity index (χ1n) is 13.1. The number of piperidine rings is 1. The molecule has 1 aliphatic heterocycles. The molecule has 0 spiro atoms. The van der Waals surface area contributed by atoms with Crippen LogP contribution in [0.4, 0.5) is 14.7 Å². The number of alkyl halides is 2. The lowest BCUT2D eigenvalue weighted by atomic mass is 9.71. The van der Waals surface area contributed by atoms with E-state index >= 15 is 0 Å². The van der Waals surface area contributed by atoms with Crippen molar-refractivity contribution in [3.63, 3.8) is 0 Å². The normalized spacial score (nSPS) is 17.4. The summed E-state index contributed by atoms with van der Waals surface area (Å²) in [6.07, 6.45) is 4.71. The van der Waals surface area contributed by atoms with Crippen LogP contribution in [0.2, 0.25) is 0 Å². The number of nitrogens with one attached hydrogen (secondary N) is 3. The second-order valence-corrected chi connectivity index (χ2v) is 9.63. The highest BCUT2D eigenvalue weighted by molar-refractivity contribution is 5.95. The Morgan fingerprint density at radius 3 is 2.08 bits per heavy atom. The zero-order valence-electron chi connectivity index (χ0n) is 22.1. The number of rotatable bonds is 7. The van der Waals surface area contributed by atoms with E-state index in [9.17, 15) is 18.4 Å². The van der Waals surface area contributed by atoms with Crippen LogP contribution in [0.5, 0.6) is 0 Å². The van der Waals surface area contributed by atoms with Crippen molar-refractivity contribution in [1.29, 1.82) is 0 Å². The monoisotopic (exact) mass is 516 g/mol. The standard InChI is InChI=1S/C25H32F2N6O2.C2H6/c1-16(2)33-12-8-18(9-13-33)17-4-6-20(7-5-17)25(10-3-11-25)30-24-28-14-19(15-29-24)22(34)31-32-23(35)21(26)27;1-2/h4-7,14-16,18,21H,3,8-13H2,1-2H3,(H,31,34)(H,32,35)(H,28,29,30);1-2H3. The number of hydrazine groups is 1. The van der Waals surface area contributed by atoms with E-state index in [0.717, 1.165) is 32.4 Å². The number of benzene rings is 1. The molecule has 8 nitrogen and oxygen atoms in total. The molecule has 1 aromatic heterocycles. The van der Waals surface area contributed by atoms with Gasteiger partial charge in [-0.15, -0.1) is 0 Å². The molecule has 2 fully saturated rings. The average molecular weight is 517 g/mol. The van der Waals surface area contributed by atoms with Gasteiger partial charge in [-0.2, -0.15) is 8.78 Å². The Balaban J connectivity index is 0.00000186. The molecule has 2 aliphatic rings. The van der Waals surface area contributed by atoms with Crippen LogP contribution >= 0.6 is 0 Å². The molecule has 0 radical (unpaired) electrons. The zero-order valence-corrected chi connectivity index (χ0v) is 22.1. The van der Waals surface area contributed by atoms with Gasteiger partial charge in [0.2, 0.25) is 5.95 Å². The smallest absolute Gasteiger partial charge is 0.317 e. The second-order valence-electron chi connectivity index (χ2n) is 9.63. The predicted molar refractivity (Wildman–Crippen MR) is 139 cm³/mol. The molecule has 1 saturated carbocycles. The van der Waals surface area contributed by atoms with E-state index < -0.39 is 18.2 Å². The van der Waals surface area contributed by atoms with Gasteiger partial charge < -0.3 is 10.2 Å². The summed E-state index contributed by atoms with van der Waals surface area (Å²) >= 11 is 0. The Hall–Kier alpha value is -3.14. The number of carbonyl (C=O) groups is 2. The molecule has 1 saturated heterocycles. The summed E-state index contributed by atoms with van der Waals surface area (Å²) in [6, 6.07) is 9.48. The lowest BCUT2D eigenvalue weighted by Crippen LogP contribution is -2.44. The fourth-order valence-corrected chi connectivity index (χ4v) is 4.81. The van der Waals surface area contributed by atoms with E-state index in [1.165, 1.54) is 36.4 Å². The van der Waals surface area contributed by atoms with Crippen LogP contribution in [0.25, 0.3) is 0 Å². The Kier molecular flexibility index (Phi) is 9.91. The van der Waals surface area contributed by atoms with Crippen LogP contribution in [0.3, 0.4) is 0 Å². The Labute approximate surface area is 217 Å². The molecule has 2 heterocycles. The number of carbonyl (C=O) groups excluding carboxylic acids is 2. The lowest BCUT2D eigenvalue weighted by Gasteiger charge is -2.43. The zero-order chi connectivity index (χ0) is 27.0. The maximum absolute atomic E-state index is 12.2. The number of hydrogen-bond acceptors (Lipinski definition) is 6. The molecule has 0 unspecified atom stereocenters. The molecule has 37 heavy (non-hydrogen) atoms. The molecule has 0 atom stereocenters. The quantitative estimate of drug-likeness (QED) is 0.465. The number of halogens is 2. The van der Waals surface area contributed by atoms with Gasteiger partial charge in [0.05, 0.1) is 11.1 Å². The van der Waals surface area contributed by atoms with Crippen molar-refractivity contribution >= 4 is 17.8 Å². The van der Waals surface area contributed by atoms with Gasteiger partial charge in [0, 0.05) is 18.4 Å². The maximum atomic E-state index is 12.2. The maximum Gasteiger partial charge on any atom is 0.317 e. The van der Waals surface area contributed by atoms with Gasteiger partial charge in [0.25, 0.3) is 5.91 Å². The third-order valence-corrected chi connectivity index (χ3v) is 7.16. The van der Waals surface area contributed by atoms with Crippen LogP contribution in [-0.2, 0) is 10.3 Å². The molecular weight excluding hydrogens is 478 g/mol. The number of likely N-dealkylation sites (tertiary alicyclic amines) is 1. The van der Waals surface area contributed by atoms with Gasteiger partial charge in [-0.1, -0.05) is 38.1 Å². The summed E-state index contributed by atoms with van der Waals surface area (Å²) in [4.78, 5) is 33.9. The first-order valence-corrected chi connectivity index (χ1v) is 13.1. The summed E-state index contributed by atoms with van der Waals surface area (Å²) in [6.45, 7) is 10.8. The number of hydrogen-bond donors (Lipinski definition) is 3. The third kappa shape index (κ3) is 7.00. The largest absolute Gasteiger partial charge is 0.345 e. The van der Waals surface area contributed by atoms with Crippen LogP contribution < -0.4 is 16.2 Å². The van der Waals surface area contributed by atoms with Crippen molar-refractivity contribution in [2.45, 2.75) is 83.7 Å². The van der Waals surface area contributed by atoms with Gasteiger partial charge in [-0.25, -0.2) is 9.97 Å². The minimum atomic E-state index is -3.22. The summed E-state index contributed by atoms with van der Waals surface area (Å²) in [5.74, 6) is -1.39. The second kappa shape index (κ2) is 12.9. The molecule has 3 N–H and O–H groups in total. The molecule has 0 bridgehead atoms. The van der Waals surface area contributed by atoms with E-state index in [-0.39, 0.29) is 11.1 Å². The van der Waals surface area contributed by atoms with Crippen molar-refractivity contribution in [3.05, 3.63) is 53.3 Å². The number of nitrogens with zero attached hydrogens (tertiary/aromatic N) is 3. The summed E-state index contributed by atoms with van der Waals surface area (Å²) in [5, 5.41) is 3.43. The number of aromatic nitrogens is 2. The topological polar surface area (TPSA) is 99.3 Å². The van der Waals surface area contributed by atoms with E-state index in [1.807, 2.05) is 19.3 Å². The fourth-order valence-electron chi connectivity index (χ4n) is 4.81. The third-order valence-electron chi connectivity index (χ3n) is 7.16. The molecule has 1 aromatic carbocycles. The van der Waals surface area contributed by atoms with Crippen LogP contribution in [0.15, 0.2) is 36.7 Å². The summed E-state index contributed by atoms with van der Waals surface area (Å²) in [7, 11) is 0. The number of amides is 2. The van der Waals surface area contributed by atoms with E-state index in [1.54, 1.807) is 5.43 Å². The summed E-state index contributed by atoms with van der Waals surface area (Å²) < 4.78 is 24.5. The van der Waals surface area contributed by atoms with Gasteiger partial charge in [0.15, 0.2) is 0 Å². The first kappa shape index (κ1) is 28.4. The molecule has 2 aromatic rings. The predicted octanol–water partition coefficient (Wildman–Crippen LogP) is 4.61. The van der Waals surface area contributed by atoms with Gasteiger partial charge in [-0.05, 0) is 76.1 Å². The highest BCUT2D eigenvalue weighted by Gasteiger charge is 2.39. The fraction of sp³-hybridized carbons (Fsp3) is 0.556. The van der Waals surface area contributed by atoms with E-state index in [0.29, 0.717) is 17.9 Å². The SMILES string of the molecule is CC.CC(C)N1CCC(c2ccc(C3(Nc4ncc(C(=O)NNC(=O)C(F)F)cn4)CCC3)cc2)CC1.